The van der Waals surface area contributed by atoms with Crippen LogP contribution in [-0.4, -0.2) is 53.3 Å². The van der Waals surface area contributed by atoms with Gasteiger partial charge in [0, 0.05) is 29.4 Å². The van der Waals surface area contributed by atoms with Gasteiger partial charge in [-0.05, 0) is 44.4 Å². The first-order valence-corrected chi connectivity index (χ1v) is 8.99. The van der Waals surface area contributed by atoms with Gasteiger partial charge in [0.25, 0.3) is 0 Å². The van der Waals surface area contributed by atoms with Crippen LogP contribution in [0.3, 0.4) is 0 Å². The highest BCUT2D eigenvalue weighted by molar-refractivity contribution is 6.04. The maximum Gasteiger partial charge on any atom is 0.179 e. The maximum absolute atomic E-state index is 13.7. The molecule has 4 aromatic rings. The standard InChI is InChI=1S/C21H20FN5O/c1-27(2)10-9-23-20-14-5-3-4-6-17(14)25-21(26-20)19-16(12-28)15-11-13(22)7-8-18(15)24-19/h3-8,11-12,24H,9-10H2,1-2H3,(H,23,25,26). The summed E-state index contributed by atoms with van der Waals surface area (Å²) in [7, 11) is 4.01. The number of nitrogens with one attached hydrogen (secondary N) is 2. The van der Waals surface area contributed by atoms with Crippen LogP contribution in [0.15, 0.2) is 42.5 Å². The molecule has 2 N–H and O–H groups in total. The van der Waals surface area contributed by atoms with Crippen molar-refractivity contribution in [2.24, 2.45) is 0 Å². The number of H-pyrrole nitrogens is 1. The quantitative estimate of drug-likeness (QED) is 0.501. The van der Waals surface area contributed by atoms with E-state index in [2.05, 4.69) is 25.2 Å². The zero-order valence-corrected chi connectivity index (χ0v) is 15.7. The number of carbonyl (C=O) groups is 1. The monoisotopic (exact) mass is 377 g/mol. The lowest BCUT2D eigenvalue weighted by atomic mass is 10.1. The molecule has 6 nitrogen and oxygen atoms in total. The molecule has 0 fully saturated rings. The number of fused-ring (bicyclic) bond motifs is 2. The first-order chi connectivity index (χ1) is 13.6. The fraction of sp³-hybridized carbons (Fsp3) is 0.190. The minimum Gasteiger partial charge on any atom is -0.368 e. The fourth-order valence-corrected chi connectivity index (χ4v) is 3.20. The normalized spacial score (nSPS) is 11.4. The lowest BCUT2D eigenvalue weighted by molar-refractivity contribution is 0.112. The van der Waals surface area contributed by atoms with Gasteiger partial charge in [-0.3, -0.25) is 4.79 Å². The number of aldehydes is 1. The highest BCUT2D eigenvalue weighted by atomic mass is 19.1. The number of aromatic amines is 1. The number of nitrogens with zero attached hydrogens (tertiary/aromatic N) is 3. The Labute approximate surface area is 161 Å². The van der Waals surface area contributed by atoms with E-state index in [1.165, 1.54) is 12.1 Å². The van der Waals surface area contributed by atoms with E-state index in [0.717, 1.165) is 17.4 Å². The number of rotatable bonds is 6. The van der Waals surface area contributed by atoms with E-state index >= 15 is 0 Å². The molecule has 28 heavy (non-hydrogen) atoms. The second-order valence-electron chi connectivity index (χ2n) is 6.86. The minimum absolute atomic E-state index is 0.351. The number of halogens is 1. The third-order valence-corrected chi connectivity index (χ3v) is 4.60. The number of carbonyl (C=O) groups excluding carboxylic acids is 1. The number of benzene rings is 2. The van der Waals surface area contributed by atoms with Crippen molar-refractivity contribution in [2.75, 3.05) is 32.5 Å². The Bertz CT molecular complexity index is 1170. The predicted molar refractivity (Wildman–Crippen MR) is 109 cm³/mol. The van der Waals surface area contributed by atoms with Gasteiger partial charge in [-0.1, -0.05) is 12.1 Å². The Balaban J connectivity index is 1.87. The fourth-order valence-electron chi connectivity index (χ4n) is 3.20. The van der Waals surface area contributed by atoms with E-state index in [1.54, 1.807) is 6.07 Å². The van der Waals surface area contributed by atoms with Crippen molar-refractivity contribution in [3.05, 3.63) is 53.8 Å². The third-order valence-electron chi connectivity index (χ3n) is 4.60. The van der Waals surface area contributed by atoms with Gasteiger partial charge in [0.2, 0.25) is 0 Å². The minimum atomic E-state index is -0.397. The molecule has 0 saturated carbocycles. The average Bonchev–Trinajstić information content (AvgIpc) is 3.05. The second-order valence-corrected chi connectivity index (χ2v) is 6.86. The molecule has 7 heteroatoms. The van der Waals surface area contributed by atoms with Gasteiger partial charge >= 0.3 is 0 Å². The number of anilines is 1. The second kappa shape index (κ2) is 7.36. The summed E-state index contributed by atoms with van der Waals surface area (Å²) in [6.07, 6.45) is 0.714. The van der Waals surface area contributed by atoms with Gasteiger partial charge in [0.15, 0.2) is 12.1 Å². The Kier molecular flexibility index (Phi) is 4.75. The van der Waals surface area contributed by atoms with E-state index in [0.29, 0.717) is 46.6 Å². The smallest absolute Gasteiger partial charge is 0.179 e. The Hall–Kier alpha value is -3.32. The van der Waals surface area contributed by atoms with Crippen molar-refractivity contribution in [2.45, 2.75) is 0 Å². The summed E-state index contributed by atoms with van der Waals surface area (Å²) in [6, 6.07) is 12.0. The van der Waals surface area contributed by atoms with Gasteiger partial charge in [-0.2, -0.15) is 0 Å². The van der Waals surface area contributed by atoms with Crippen molar-refractivity contribution in [3.8, 4) is 11.5 Å². The van der Waals surface area contributed by atoms with Crippen LogP contribution in [-0.2, 0) is 0 Å². The van der Waals surface area contributed by atoms with Crippen molar-refractivity contribution >= 4 is 33.9 Å². The Morgan fingerprint density at radius 3 is 2.75 bits per heavy atom. The third kappa shape index (κ3) is 3.32. The molecular formula is C21H20FN5O. The van der Waals surface area contributed by atoms with Gasteiger partial charge in [0.1, 0.15) is 11.6 Å². The summed E-state index contributed by atoms with van der Waals surface area (Å²) >= 11 is 0. The molecule has 0 unspecified atom stereocenters. The van der Waals surface area contributed by atoms with Crippen LogP contribution >= 0.6 is 0 Å². The van der Waals surface area contributed by atoms with Crippen molar-refractivity contribution in [3.63, 3.8) is 0 Å². The zero-order valence-electron chi connectivity index (χ0n) is 15.7. The van der Waals surface area contributed by atoms with Gasteiger partial charge in [-0.15, -0.1) is 0 Å². The van der Waals surface area contributed by atoms with Crippen LogP contribution in [0.4, 0.5) is 10.2 Å². The van der Waals surface area contributed by atoms with Gasteiger partial charge < -0.3 is 15.2 Å². The summed E-state index contributed by atoms with van der Waals surface area (Å²) in [4.78, 5) is 26.3. The summed E-state index contributed by atoms with van der Waals surface area (Å²) < 4.78 is 13.7. The predicted octanol–water partition coefficient (Wildman–Crippen LogP) is 3.70. The molecule has 0 spiro atoms. The number of aromatic nitrogens is 3. The molecule has 2 aromatic heterocycles. The zero-order chi connectivity index (χ0) is 19.7. The van der Waals surface area contributed by atoms with Crippen molar-refractivity contribution in [1.82, 2.24) is 19.9 Å². The molecule has 2 heterocycles. The number of para-hydroxylation sites is 1. The molecular weight excluding hydrogens is 357 g/mol. The molecule has 2 aromatic carbocycles. The maximum atomic E-state index is 13.7. The van der Waals surface area contributed by atoms with Crippen LogP contribution < -0.4 is 5.32 Å². The van der Waals surface area contributed by atoms with Gasteiger partial charge in [0.05, 0.1) is 16.8 Å². The molecule has 142 valence electrons. The van der Waals surface area contributed by atoms with Crippen LogP contribution in [0.5, 0.6) is 0 Å². The molecule has 0 atom stereocenters. The Morgan fingerprint density at radius 1 is 1.14 bits per heavy atom. The number of likely N-dealkylation sites (N-methyl/N-ethyl adjacent to an activating group) is 1. The topological polar surface area (TPSA) is 73.9 Å². The van der Waals surface area contributed by atoms with E-state index in [4.69, 9.17) is 0 Å². The summed E-state index contributed by atoms with van der Waals surface area (Å²) in [6.45, 7) is 1.56. The van der Waals surface area contributed by atoms with Crippen LogP contribution in [0.25, 0.3) is 33.3 Å². The Morgan fingerprint density at radius 2 is 1.96 bits per heavy atom. The molecule has 0 bridgehead atoms. The van der Waals surface area contributed by atoms with Crippen LogP contribution in [0.2, 0.25) is 0 Å². The average molecular weight is 377 g/mol. The molecule has 4 rings (SSSR count). The van der Waals surface area contributed by atoms with Gasteiger partial charge in [-0.25, -0.2) is 14.4 Å². The molecule has 0 aliphatic carbocycles. The highest BCUT2D eigenvalue weighted by Crippen LogP contribution is 2.30. The molecule has 0 saturated heterocycles. The number of hydrogen-bond acceptors (Lipinski definition) is 5. The van der Waals surface area contributed by atoms with Crippen molar-refractivity contribution in [1.29, 1.82) is 0 Å². The first-order valence-electron chi connectivity index (χ1n) is 8.99. The number of hydrogen-bond donors (Lipinski definition) is 2. The van der Waals surface area contributed by atoms with E-state index < -0.39 is 5.82 Å². The molecule has 0 aliphatic heterocycles. The lowest BCUT2D eigenvalue weighted by Gasteiger charge is -2.13. The van der Waals surface area contributed by atoms with Crippen LogP contribution in [0.1, 0.15) is 10.4 Å². The van der Waals surface area contributed by atoms with E-state index in [9.17, 15) is 9.18 Å². The summed E-state index contributed by atoms with van der Waals surface area (Å²) in [5, 5.41) is 4.77. The first kappa shape index (κ1) is 18.1. The molecule has 0 aliphatic rings. The molecule has 0 amide bonds. The lowest BCUT2D eigenvalue weighted by Crippen LogP contribution is -2.21. The van der Waals surface area contributed by atoms with E-state index in [-0.39, 0.29) is 0 Å². The summed E-state index contributed by atoms with van der Waals surface area (Å²) in [5.74, 6) is 0.695. The SMILES string of the molecule is CN(C)CCNc1nc(-c2[nH]c3ccc(F)cc3c2C=O)nc2ccccc12. The van der Waals surface area contributed by atoms with Crippen molar-refractivity contribution < 1.29 is 9.18 Å². The molecule has 0 radical (unpaired) electrons. The summed E-state index contributed by atoms with van der Waals surface area (Å²) in [5.41, 5.74) is 2.26. The highest BCUT2D eigenvalue weighted by Gasteiger charge is 2.17. The van der Waals surface area contributed by atoms with E-state index in [1.807, 2.05) is 38.4 Å². The van der Waals surface area contributed by atoms with Crippen LogP contribution in [0, 0.1) is 5.82 Å². The largest absolute Gasteiger partial charge is 0.368 e.